The Morgan fingerprint density at radius 1 is 1.00 bits per heavy atom. The van der Waals surface area contributed by atoms with Gasteiger partial charge >= 0.3 is 5.97 Å². The van der Waals surface area contributed by atoms with Crippen LogP contribution in [0.4, 0.5) is 0 Å². The van der Waals surface area contributed by atoms with Crippen LogP contribution in [0.2, 0.25) is 0 Å². The van der Waals surface area contributed by atoms with Crippen LogP contribution in [0.5, 0.6) is 5.75 Å². The van der Waals surface area contributed by atoms with Crippen molar-refractivity contribution in [2.24, 2.45) is 0 Å². The SMILES string of the molecule is CCC(=O)Oc1ccc(C)cc1[C@H](CCN(C(C)C)C(C)C)c1ccccc1. The molecule has 0 aliphatic rings. The Morgan fingerprint density at radius 3 is 2.21 bits per heavy atom. The van der Waals surface area contributed by atoms with Crippen LogP contribution in [0.1, 0.15) is 70.1 Å². The van der Waals surface area contributed by atoms with Gasteiger partial charge in [-0.15, -0.1) is 0 Å². The molecule has 0 amide bonds. The van der Waals surface area contributed by atoms with E-state index < -0.39 is 0 Å². The highest BCUT2D eigenvalue weighted by atomic mass is 16.5. The molecule has 0 heterocycles. The molecular weight excluding hydrogens is 346 g/mol. The van der Waals surface area contributed by atoms with Gasteiger partial charge in [0.15, 0.2) is 0 Å². The number of rotatable bonds is 9. The van der Waals surface area contributed by atoms with Gasteiger partial charge in [-0.25, -0.2) is 0 Å². The number of carbonyl (C=O) groups excluding carboxylic acids is 1. The summed E-state index contributed by atoms with van der Waals surface area (Å²) in [5.41, 5.74) is 3.53. The standard InChI is InChI=1S/C25H35NO2/c1-7-25(27)28-24-14-13-20(6)17-23(24)22(21-11-9-8-10-12-21)15-16-26(18(2)3)19(4)5/h8-14,17-19,22H,7,15-16H2,1-6H3/t22-/m1/s1. The van der Waals surface area contributed by atoms with Gasteiger partial charge in [-0.3, -0.25) is 9.69 Å². The van der Waals surface area contributed by atoms with Crippen molar-refractivity contribution < 1.29 is 9.53 Å². The molecule has 0 unspecified atom stereocenters. The summed E-state index contributed by atoms with van der Waals surface area (Å²) in [6, 6.07) is 17.7. The fraction of sp³-hybridized carbons (Fsp3) is 0.480. The summed E-state index contributed by atoms with van der Waals surface area (Å²) >= 11 is 0. The maximum atomic E-state index is 12.0. The van der Waals surface area contributed by atoms with E-state index in [-0.39, 0.29) is 11.9 Å². The average molecular weight is 382 g/mol. The predicted octanol–water partition coefficient (Wildman–Crippen LogP) is 5.95. The van der Waals surface area contributed by atoms with Crippen molar-refractivity contribution in [3.05, 3.63) is 65.2 Å². The molecule has 0 spiro atoms. The summed E-state index contributed by atoms with van der Waals surface area (Å²) < 4.78 is 5.70. The monoisotopic (exact) mass is 381 g/mol. The molecule has 28 heavy (non-hydrogen) atoms. The molecule has 0 radical (unpaired) electrons. The number of aryl methyl sites for hydroxylation is 1. The summed E-state index contributed by atoms with van der Waals surface area (Å²) in [4.78, 5) is 14.5. The molecule has 0 bridgehead atoms. The Hall–Kier alpha value is -2.13. The van der Waals surface area contributed by atoms with Crippen molar-refractivity contribution in [2.75, 3.05) is 6.54 Å². The Morgan fingerprint density at radius 2 is 1.64 bits per heavy atom. The van der Waals surface area contributed by atoms with Crippen LogP contribution >= 0.6 is 0 Å². The molecule has 2 aromatic carbocycles. The molecule has 2 rings (SSSR count). The fourth-order valence-electron chi connectivity index (χ4n) is 3.81. The van der Waals surface area contributed by atoms with Crippen LogP contribution in [0.15, 0.2) is 48.5 Å². The van der Waals surface area contributed by atoms with Gasteiger partial charge < -0.3 is 4.74 Å². The van der Waals surface area contributed by atoms with Crippen molar-refractivity contribution in [1.82, 2.24) is 4.90 Å². The summed E-state index contributed by atoms with van der Waals surface area (Å²) in [5.74, 6) is 0.676. The molecule has 0 N–H and O–H groups in total. The first kappa shape index (κ1) is 22.2. The lowest BCUT2D eigenvalue weighted by atomic mass is 9.86. The van der Waals surface area contributed by atoms with E-state index in [9.17, 15) is 4.79 Å². The molecule has 0 fully saturated rings. The lowest BCUT2D eigenvalue weighted by Gasteiger charge is -2.32. The van der Waals surface area contributed by atoms with E-state index >= 15 is 0 Å². The van der Waals surface area contributed by atoms with Gasteiger partial charge in [0.25, 0.3) is 0 Å². The van der Waals surface area contributed by atoms with E-state index in [1.165, 1.54) is 11.1 Å². The molecule has 0 aromatic heterocycles. The zero-order chi connectivity index (χ0) is 20.7. The normalized spacial score (nSPS) is 12.6. The van der Waals surface area contributed by atoms with Gasteiger partial charge in [-0.1, -0.05) is 55.0 Å². The summed E-state index contributed by atoms with van der Waals surface area (Å²) in [5, 5.41) is 0. The molecule has 0 saturated heterocycles. The fourth-order valence-corrected chi connectivity index (χ4v) is 3.81. The average Bonchev–Trinajstić information content (AvgIpc) is 2.66. The van der Waals surface area contributed by atoms with Gasteiger partial charge in [0.1, 0.15) is 5.75 Å². The first-order valence-electron chi connectivity index (χ1n) is 10.4. The highest BCUT2D eigenvalue weighted by Crippen LogP contribution is 2.36. The molecule has 1 atom stereocenters. The predicted molar refractivity (Wildman–Crippen MR) is 117 cm³/mol. The van der Waals surface area contributed by atoms with Crippen LogP contribution in [0.25, 0.3) is 0 Å². The number of benzene rings is 2. The van der Waals surface area contributed by atoms with Gasteiger partial charge in [-0.2, -0.15) is 0 Å². The number of hydrogen-bond donors (Lipinski definition) is 0. The molecule has 0 aliphatic carbocycles. The van der Waals surface area contributed by atoms with E-state index in [0.29, 0.717) is 24.3 Å². The van der Waals surface area contributed by atoms with Crippen LogP contribution in [-0.4, -0.2) is 29.5 Å². The van der Waals surface area contributed by atoms with Crippen molar-refractivity contribution in [1.29, 1.82) is 0 Å². The summed E-state index contributed by atoms with van der Waals surface area (Å²) in [7, 11) is 0. The second-order valence-electron chi connectivity index (χ2n) is 8.05. The van der Waals surface area contributed by atoms with Gasteiger partial charge in [-0.05, 0) is 59.2 Å². The topological polar surface area (TPSA) is 29.5 Å². The Balaban J connectivity index is 2.42. The van der Waals surface area contributed by atoms with E-state index in [2.05, 4.69) is 69.9 Å². The lowest BCUT2D eigenvalue weighted by molar-refractivity contribution is -0.134. The smallest absolute Gasteiger partial charge is 0.310 e. The Kier molecular flexibility index (Phi) is 8.25. The van der Waals surface area contributed by atoms with Crippen LogP contribution in [-0.2, 0) is 4.79 Å². The summed E-state index contributed by atoms with van der Waals surface area (Å²) in [6.07, 6.45) is 1.35. The molecule has 0 aliphatic heterocycles. The van der Waals surface area contributed by atoms with E-state index in [1.54, 1.807) is 0 Å². The van der Waals surface area contributed by atoms with E-state index in [0.717, 1.165) is 18.5 Å². The maximum absolute atomic E-state index is 12.0. The third kappa shape index (κ3) is 5.93. The molecule has 3 heteroatoms. The third-order valence-electron chi connectivity index (χ3n) is 5.26. The number of esters is 1. The maximum Gasteiger partial charge on any atom is 0.310 e. The second kappa shape index (κ2) is 10.4. The molecule has 2 aromatic rings. The van der Waals surface area contributed by atoms with Crippen LogP contribution < -0.4 is 4.74 Å². The minimum absolute atomic E-state index is 0.181. The van der Waals surface area contributed by atoms with Crippen LogP contribution in [0, 0.1) is 6.92 Å². The lowest BCUT2D eigenvalue weighted by Crippen LogP contribution is -2.38. The molecule has 0 saturated carbocycles. The number of hydrogen-bond acceptors (Lipinski definition) is 3. The van der Waals surface area contributed by atoms with Gasteiger partial charge in [0.2, 0.25) is 0 Å². The largest absolute Gasteiger partial charge is 0.426 e. The molecular formula is C25H35NO2. The Bertz CT molecular complexity index is 744. The number of carbonyl (C=O) groups is 1. The first-order chi connectivity index (χ1) is 13.3. The van der Waals surface area contributed by atoms with E-state index in [4.69, 9.17) is 4.74 Å². The van der Waals surface area contributed by atoms with Crippen molar-refractivity contribution in [3.63, 3.8) is 0 Å². The first-order valence-corrected chi connectivity index (χ1v) is 10.4. The molecule has 152 valence electrons. The van der Waals surface area contributed by atoms with Crippen LogP contribution in [0.3, 0.4) is 0 Å². The third-order valence-corrected chi connectivity index (χ3v) is 5.26. The van der Waals surface area contributed by atoms with E-state index in [1.807, 2.05) is 25.1 Å². The second-order valence-corrected chi connectivity index (χ2v) is 8.05. The zero-order valence-electron chi connectivity index (χ0n) is 18.2. The zero-order valence-corrected chi connectivity index (χ0v) is 18.2. The Labute approximate surface area is 170 Å². The number of nitrogens with zero attached hydrogens (tertiary/aromatic N) is 1. The minimum atomic E-state index is -0.192. The van der Waals surface area contributed by atoms with Gasteiger partial charge in [0.05, 0.1) is 0 Å². The van der Waals surface area contributed by atoms with Crippen molar-refractivity contribution >= 4 is 5.97 Å². The molecule has 3 nitrogen and oxygen atoms in total. The van der Waals surface area contributed by atoms with Crippen molar-refractivity contribution in [2.45, 2.75) is 72.4 Å². The summed E-state index contributed by atoms with van der Waals surface area (Å²) in [6.45, 7) is 13.9. The highest BCUT2D eigenvalue weighted by molar-refractivity contribution is 5.72. The number of ether oxygens (including phenoxy) is 1. The minimum Gasteiger partial charge on any atom is -0.426 e. The quantitative estimate of drug-likeness (QED) is 0.397. The van der Waals surface area contributed by atoms with Crippen molar-refractivity contribution in [3.8, 4) is 5.75 Å². The highest BCUT2D eigenvalue weighted by Gasteiger charge is 2.22. The van der Waals surface area contributed by atoms with Gasteiger partial charge in [0, 0.05) is 30.0 Å².